The van der Waals surface area contributed by atoms with Gasteiger partial charge in [-0.3, -0.25) is 4.79 Å². The predicted molar refractivity (Wildman–Crippen MR) is 49.9 cm³/mol. The third-order valence-corrected chi connectivity index (χ3v) is 1.69. The Bertz CT molecular complexity index is 363. The van der Waals surface area contributed by atoms with Crippen LogP contribution in [0.5, 0.6) is 0 Å². The van der Waals surface area contributed by atoms with Gasteiger partial charge in [0.15, 0.2) is 0 Å². The fourth-order valence-corrected chi connectivity index (χ4v) is 0.980. The molecule has 0 heterocycles. The molecule has 0 radical (unpaired) electrons. The van der Waals surface area contributed by atoms with Crippen molar-refractivity contribution in [2.75, 3.05) is 7.11 Å². The molecule has 0 bridgehead atoms. The zero-order valence-corrected chi connectivity index (χ0v) is 7.69. The number of rotatable bonds is 3. The van der Waals surface area contributed by atoms with Crippen LogP contribution in [-0.2, 0) is 20.7 Å². The van der Waals surface area contributed by atoms with Gasteiger partial charge in [0.05, 0.1) is 19.2 Å². The van der Waals surface area contributed by atoms with Crippen molar-refractivity contribution in [3.63, 3.8) is 0 Å². The molecule has 4 heteroatoms. The number of carbonyl (C=O) groups excluding carboxylic acids is 2. The van der Waals surface area contributed by atoms with Gasteiger partial charge in [0.25, 0.3) is 0 Å². The van der Waals surface area contributed by atoms with E-state index in [-0.39, 0.29) is 12.4 Å². The molecule has 0 spiro atoms. The van der Waals surface area contributed by atoms with E-state index in [1.54, 1.807) is 24.3 Å². The minimum absolute atomic E-state index is 0.224. The Morgan fingerprint density at radius 3 is 2.57 bits per heavy atom. The minimum Gasteiger partial charge on any atom is -0.469 e. The summed E-state index contributed by atoms with van der Waals surface area (Å²) in [4.78, 5) is 24.2. The van der Waals surface area contributed by atoms with Gasteiger partial charge in [-0.05, 0) is 17.7 Å². The van der Waals surface area contributed by atoms with Crippen molar-refractivity contribution in [3.8, 4) is 0 Å². The van der Waals surface area contributed by atoms with Crippen molar-refractivity contribution in [3.05, 3.63) is 29.8 Å². The van der Waals surface area contributed by atoms with Crippen LogP contribution in [0.4, 0.5) is 5.69 Å². The number of hydrogen-bond donors (Lipinski definition) is 0. The van der Waals surface area contributed by atoms with Crippen LogP contribution in [0.2, 0.25) is 0 Å². The zero-order valence-electron chi connectivity index (χ0n) is 7.69. The highest BCUT2D eigenvalue weighted by atomic mass is 16.5. The molecule has 0 unspecified atom stereocenters. The summed E-state index contributed by atoms with van der Waals surface area (Å²) in [7, 11) is 1.34. The Morgan fingerprint density at radius 2 is 2.07 bits per heavy atom. The van der Waals surface area contributed by atoms with Crippen molar-refractivity contribution in [1.29, 1.82) is 0 Å². The van der Waals surface area contributed by atoms with Crippen LogP contribution in [0.3, 0.4) is 0 Å². The van der Waals surface area contributed by atoms with E-state index in [2.05, 4.69) is 9.73 Å². The van der Waals surface area contributed by atoms with Crippen LogP contribution in [0.25, 0.3) is 0 Å². The van der Waals surface area contributed by atoms with Crippen molar-refractivity contribution in [1.82, 2.24) is 0 Å². The average molecular weight is 191 g/mol. The first-order valence-corrected chi connectivity index (χ1v) is 4.00. The largest absolute Gasteiger partial charge is 0.469 e. The van der Waals surface area contributed by atoms with E-state index in [0.29, 0.717) is 5.69 Å². The summed E-state index contributed by atoms with van der Waals surface area (Å²) in [6, 6.07) is 6.71. The molecule has 0 aliphatic carbocycles. The summed E-state index contributed by atoms with van der Waals surface area (Å²) in [5, 5.41) is 0. The summed E-state index contributed by atoms with van der Waals surface area (Å²) in [5.74, 6) is -0.295. The van der Waals surface area contributed by atoms with Gasteiger partial charge in [0, 0.05) is 0 Å². The molecule has 1 aromatic carbocycles. The van der Waals surface area contributed by atoms with Crippen LogP contribution in [0.1, 0.15) is 5.56 Å². The van der Waals surface area contributed by atoms with Crippen molar-refractivity contribution < 1.29 is 14.3 Å². The lowest BCUT2D eigenvalue weighted by atomic mass is 10.1. The van der Waals surface area contributed by atoms with Gasteiger partial charge >= 0.3 is 5.97 Å². The number of methoxy groups -OCH3 is 1. The molecule has 72 valence electrons. The number of benzene rings is 1. The second-order valence-corrected chi connectivity index (χ2v) is 2.62. The van der Waals surface area contributed by atoms with Crippen LogP contribution in [0, 0.1) is 0 Å². The van der Waals surface area contributed by atoms with Crippen molar-refractivity contribution >= 4 is 17.7 Å². The summed E-state index contributed by atoms with van der Waals surface area (Å²) in [6.45, 7) is 0. The number of isocyanates is 1. The number of esters is 1. The molecular formula is C10H9NO3. The molecule has 14 heavy (non-hydrogen) atoms. The fraction of sp³-hybridized carbons (Fsp3) is 0.200. The van der Waals surface area contributed by atoms with E-state index in [1.165, 1.54) is 13.2 Å². The molecule has 0 saturated carbocycles. The lowest BCUT2D eigenvalue weighted by Gasteiger charge is -1.99. The quantitative estimate of drug-likeness (QED) is 0.412. The standard InChI is InChI=1S/C10H9NO3/c1-14-10(13)6-8-2-4-9(5-3-8)11-7-12/h2-5H,6H2,1H3. The fourth-order valence-electron chi connectivity index (χ4n) is 0.980. The first-order valence-electron chi connectivity index (χ1n) is 4.00. The first kappa shape index (κ1) is 10.2. The van der Waals surface area contributed by atoms with Gasteiger partial charge in [0.1, 0.15) is 0 Å². The van der Waals surface area contributed by atoms with Crippen LogP contribution < -0.4 is 0 Å². The number of ether oxygens (including phenoxy) is 1. The molecule has 4 nitrogen and oxygen atoms in total. The molecule has 0 aliphatic rings. The SMILES string of the molecule is COC(=O)Cc1ccc(N=C=O)cc1. The van der Waals surface area contributed by atoms with Gasteiger partial charge in [-0.2, -0.15) is 4.99 Å². The third-order valence-electron chi connectivity index (χ3n) is 1.69. The highest BCUT2D eigenvalue weighted by Gasteiger charge is 2.01. The number of nitrogens with zero attached hydrogens (tertiary/aromatic N) is 1. The Hall–Kier alpha value is -1.93. The first-order chi connectivity index (χ1) is 6.76. The third kappa shape index (κ3) is 2.84. The van der Waals surface area contributed by atoms with Gasteiger partial charge in [0.2, 0.25) is 6.08 Å². The maximum atomic E-state index is 10.9. The molecule has 0 saturated heterocycles. The van der Waals surface area contributed by atoms with Crippen LogP contribution in [0.15, 0.2) is 29.3 Å². The van der Waals surface area contributed by atoms with Crippen molar-refractivity contribution in [2.24, 2.45) is 4.99 Å². The number of carbonyl (C=O) groups is 1. The Morgan fingerprint density at radius 1 is 1.43 bits per heavy atom. The molecule has 0 atom stereocenters. The van der Waals surface area contributed by atoms with Crippen LogP contribution in [-0.4, -0.2) is 19.2 Å². The average Bonchev–Trinajstić information content (AvgIpc) is 2.21. The summed E-state index contributed by atoms with van der Waals surface area (Å²) in [5.41, 5.74) is 1.34. The monoisotopic (exact) mass is 191 g/mol. The highest BCUT2D eigenvalue weighted by molar-refractivity contribution is 5.72. The summed E-state index contributed by atoms with van der Waals surface area (Å²) < 4.78 is 4.51. The van der Waals surface area contributed by atoms with E-state index in [9.17, 15) is 9.59 Å². The number of hydrogen-bond acceptors (Lipinski definition) is 4. The molecule has 0 amide bonds. The van der Waals surface area contributed by atoms with Gasteiger partial charge in [-0.1, -0.05) is 12.1 Å². The highest BCUT2D eigenvalue weighted by Crippen LogP contribution is 2.12. The summed E-state index contributed by atoms with van der Waals surface area (Å²) in [6.07, 6.45) is 1.66. The van der Waals surface area contributed by atoms with E-state index in [0.717, 1.165) is 5.56 Å². The number of aliphatic imine (C=N–C) groups is 1. The predicted octanol–water partition coefficient (Wildman–Crippen LogP) is 1.37. The van der Waals surface area contributed by atoms with Crippen LogP contribution >= 0.6 is 0 Å². The molecule has 0 N–H and O–H groups in total. The molecule has 0 fully saturated rings. The van der Waals surface area contributed by atoms with E-state index < -0.39 is 0 Å². The van der Waals surface area contributed by atoms with Crippen molar-refractivity contribution in [2.45, 2.75) is 6.42 Å². The van der Waals surface area contributed by atoms with Gasteiger partial charge in [-0.25, -0.2) is 4.79 Å². The normalized spacial score (nSPS) is 8.93. The second-order valence-electron chi connectivity index (χ2n) is 2.62. The molecule has 1 rings (SSSR count). The van der Waals surface area contributed by atoms with Gasteiger partial charge in [-0.15, -0.1) is 0 Å². The molecule has 0 aliphatic heterocycles. The molecule has 1 aromatic rings. The Balaban J connectivity index is 2.73. The van der Waals surface area contributed by atoms with Gasteiger partial charge < -0.3 is 4.74 Å². The maximum absolute atomic E-state index is 10.9. The van der Waals surface area contributed by atoms with E-state index in [4.69, 9.17) is 0 Å². The maximum Gasteiger partial charge on any atom is 0.309 e. The lowest BCUT2D eigenvalue weighted by Crippen LogP contribution is -2.03. The molecular weight excluding hydrogens is 182 g/mol. The Kier molecular flexibility index (Phi) is 3.58. The topological polar surface area (TPSA) is 55.7 Å². The Labute approximate surface area is 81.2 Å². The van der Waals surface area contributed by atoms with E-state index >= 15 is 0 Å². The zero-order chi connectivity index (χ0) is 10.4. The molecule has 0 aromatic heterocycles. The van der Waals surface area contributed by atoms with E-state index in [1.807, 2.05) is 0 Å². The smallest absolute Gasteiger partial charge is 0.309 e. The lowest BCUT2D eigenvalue weighted by molar-refractivity contribution is -0.139. The summed E-state index contributed by atoms with van der Waals surface area (Å²) >= 11 is 0. The second kappa shape index (κ2) is 4.94. The minimum atomic E-state index is -0.295.